The van der Waals surface area contributed by atoms with Crippen LogP contribution in [0.5, 0.6) is 5.75 Å². The molecular formula is C23H21ClN4O2. The fraction of sp³-hybridized carbons (Fsp3) is 0.174. The number of nitrogens with one attached hydrogen (secondary N) is 1. The van der Waals surface area contributed by atoms with Crippen molar-refractivity contribution in [1.29, 1.82) is 0 Å². The summed E-state index contributed by atoms with van der Waals surface area (Å²) in [5.41, 5.74) is 3.92. The van der Waals surface area contributed by atoms with Crippen LogP contribution in [0.4, 0.5) is 0 Å². The van der Waals surface area contributed by atoms with Crippen molar-refractivity contribution in [3.8, 4) is 17.0 Å². The SMILES string of the molecule is COc1ccc(-c2cc(C(=O)NCCc3ccc(Cl)cc3)c3cnn(C)c3n2)cc1. The Morgan fingerprint density at radius 1 is 1.13 bits per heavy atom. The average Bonchev–Trinajstić information content (AvgIpc) is 3.15. The number of rotatable bonds is 6. The molecule has 0 spiro atoms. The van der Waals surface area contributed by atoms with Gasteiger partial charge in [0.05, 0.1) is 30.0 Å². The number of nitrogens with zero attached hydrogens (tertiary/aromatic N) is 3. The first-order chi connectivity index (χ1) is 14.5. The predicted octanol–water partition coefficient (Wildman–Crippen LogP) is 4.27. The first-order valence-corrected chi connectivity index (χ1v) is 9.93. The molecule has 6 nitrogen and oxygen atoms in total. The van der Waals surface area contributed by atoms with Crippen LogP contribution in [0.25, 0.3) is 22.3 Å². The smallest absolute Gasteiger partial charge is 0.252 e. The number of aryl methyl sites for hydroxylation is 1. The van der Waals surface area contributed by atoms with E-state index in [1.54, 1.807) is 18.0 Å². The Morgan fingerprint density at radius 2 is 1.87 bits per heavy atom. The van der Waals surface area contributed by atoms with E-state index < -0.39 is 0 Å². The molecule has 7 heteroatoms. The quantitative estimate of drug-likeness (QED) is 0.505. The maximum absolute atomic E-state index is 13.0. The van der Waals surface area contributed by atoms with Crippen LogP contribution in [0, 0.1) is 0 Å². The first kappa shape index (κ1) is 19.9. The lowest BCUT2D eigenvalue weighted by Gasteiger charge is -2.10. The molecule has 1 amide bonds. The van der Waals surface area contributed by atoms with E-state index >= 15 is 0 Å². The second-order valence-electron chi connectivity index (χ2n) is 6.92. The highest BCUT2D eigenvalue weighted by Gasteiger charge is 2.16. The van der Waals surface area contributed by atoms with Gasteiger partial charge in [0.15, 0.2) is 5.65 Å². The lowest BCUT2D eigenvalue weighted by molar-refractivity contribution is 0.0955. The van der Waals surface area contributed by atoms with Crippen LogP contribution >= 0.6 is 11.6 Å². The number of amides is 1. The van der Waals surface area contributed by atoms with Gasteiger partial charge in [0.25, 0.3) is 5.91 Å². The minimum atomic E-state index is -0.154. The maximum Gasteiger partial charge on any atom is 0.252 e. The van der Waals surface area contributed by atoms with Crippen molar-refractivity contribution in [3.05, 3.63) is 76.9 Å². The van der Waals surface area contributed by atoms with Gasteiger partial charge < -0.3 is 10.1 Å². The number of halogens is 1. The van der Waals surface area contributed by atoms with E-state index in [9.17, 15) is 4.79 Å². The zero-order chi connectivity index (χ0) is 21.1. The topological polar surface area (TPSA) is 69.0 Å². The van der Waals surface area contributed by atoms with Crippen LogP contribution in [-0.2, 0) is 13.5 Å². The lowest BCUT2D eigenvalue weighted by atomic mass is 10.1. The van der Waals surface area contributed by atoms with Gasteiger partial charge in [0.2, 0.25) is 0 Å². The first-order valence-electron chi connectivity index (χ1n) is 9.55. The van der Waals surface area contributed by atoms with Gasteiger partial charge in [0, 0.05) is 24.2 Å². The van der Waals surface area contributed by atoms with Crippen LogP contribution in [-0.4, -0.2) is 34.3 Å². The molecule has 1 N–H and O–H groups in total. The number of methoxy groups -OCH3 is 1. The summed E-state index contributed by atoms with van der Waals surface area (Å²) in [5, 5.41) is 8.70. The summed E-state index contributed by atoms with van der Waals surface area (Å²) in [7, 11) is 3.44. The molecule has 0 aliphatic heterocycles. The summed E-state index contributed by atoms with van der Waals surface area (Å²) < 4.78 is 6.90. The van der Waals surface area contributed by atoms with E-state index in [2.05, 4.69) is 10.4 Å². The van der Waals surface area contributed by atoms with Crippen molar-refractivity contribution in [2.24, 2.45) is 7.05 Å². The monoisotopic (exact) mass is 420 g/mol. The highest BCUT2D eigenvalue weighted by atomic mass is 35.5. The summed E-state index contributed by atoms with van der Waals surface area (Å²) in [6.07, 6.45) is 2.39. The molecular weight excluding hydrogens is 400 g/mol. The maximum atomic E-state index is 13.0. The van der Waals surface area contributed by atoms with E-state index in [1.807, 2.05) is 61.6 Å². The number of ether oxygens (including phenoxy) is 1. The molecule has 0 unspecified atom stereocenters. The van der Waals surface area contributed by atoms with Gasteiger partial charge in [-0.2, -0.15) is 5.10 Å². The van der Waals surface area contributed by atoms with Crippen LogP contribution in [0.1, 0.15) is 15.9 Å². The van der Waals surface area contributed by atoms with Gasteiger partial charge in [-0.15, -0.1) is 0 Å². The van der Waals surface area contributed by atoms with Crippen molar-refractivity contribution in [3.63, 3.8) is 0 Å². The molecule has 4 aromatic rings. The second-order valence-corrected chi connectivity index (χ2v) is 7.36. The van der Waals surface area contributed by atoms with Crippen LogP contribution in [0.2, 0.25) is 5.02 Å². The number of carbonyl (C=O) groups is 1. The molecule has 152 valence electrons. The Labute approximate surface area is 179 Å². The fourth-order valence-electron chi connectivity index (χ4n) is 3.28. The largest absolute Gasteiger partial charge is 0.497 e. The Balaban J connectivity index is 1.60. The molecule has 4 rings (SSSR count). The third kappa shape index (κ3) is 4.14. The number of pyridine rings is 1. The molecule has 0 aliphatic rings. The third-order valence-corrected chi connectivity index (χ3v) is 5.20. The molecule has 0 radical (unpaired) electrons. The standard InChI is InChI=1S/C23H21ClN4O2/c1-28-22-20(14-26-28)19(13-21(27-22)16-5-9-18(30-2)10-6-16)23(29)25-12-11-15-3-7-17(24)8-4-15/h3-10,13-14H,11-12H2,1-2H3,(H,25,29). The van der Waals surface area contributed by atoms with Crippen LogP contribution in [0.15, 0.2) is 60.8 Å². The van der Waals surface area contributed by atoms with Crippen molar-refractivity contribution >= 4 is 28.5 Å². The number of hydrogen-bond acceptors (Lipinski definition) is 4. The fourth-order valence-corrected chi connectivity index (χ4v) is 3.40. The molecule has 0 atom stereocenters. The highest BCUT2D eigenvalue weighted by Crippen LogP contribution is 2.26. The van der Waals surface area contributed by atoms with Crippen LogP contribution in [0.3, 0.4) is 0 Å². The van der Waals surface area contributed by atoms with E-state index in [1.165, 1.54) is 0 Å². The average molecular weight is 421 g/mol. The van der Waals surface area contributed by atoms with E-state index in [0.29, 0.717) is 28.5 Å². The normalized spacial score (nSPS) is 10.9. The lowest BCUT2D eigenvalue weighted by Crippen LogP contribution is -2.26. The minimum Gasteiger partial charge on any atom is -0.497 e. The highest BCUT2D eigenvalue weighted by molar-refractivity contribution is 6.30. The number of benzene rings is 2. The molecule has 0 saturated carbocycles. The molecule has 30 heavy (non-hydrogen) atoms. The number of carbonyl (C=O) groups excluding carboxylic acids is 1. The van der Waals surface area contributed by atoms with Gasteiger partial charge >= 0.3 is 0 Å². The van der Waals surface area contributed by atoms with Gasteiger partial charge in [-0.3, -0.25) is 9.48 Å². The zero-order valence-corrected chi connectivity index (χ0v) is 17.5. The summed E-state index contributed by atoms with van der Waals surface area (Å²) in [6, 6.07) is 17.0. The van der Waals surface area contributed by atoms with Crippen molar-refractivity contribution < 1.29 is 9.53 Å². The number of hydrogen-bond donors (Lipinski definition) is 1. The molecule has 0 saturated heterocycles. The molecule has 2 aromatic heterocycles. The van der Waals surface area contributed by atoms with Crippen molar-refractivity contribution in [2.45, 2.75) is 6.42 Å². The Kier molecular flexibility index (Phi) is 5.68. The zero-order valence-electron chi connectivity index (χ0n) is 16.7. The van der Waals surface area contributed by atoms with Crippen LogP contribution < -0.4 is 10.1 Å². The Hall–Kier alpha value is -3.38. The Bertz CT molecular complexity index is 1180. The van der Waals surface area contributed by atoms with E-state index in [4.69, 9.17) is 21.3 Å². The van der Waals surface area contributed by atoms with Gasteiger partial charge in [0.1, 0.15) is 5.75 Å². The summed E-state index contributed by atoms with van der Waals surface area (Å²) in [4.78, 5) is 17.7. The molecule has 2 heterocycles. The summed E-state index contributed by atoms with van der Waals surface area (Å²) in [5.74, 6) is 0.611. The van der Waals surface area contributed by atoms with Gasteiger partial charge in [-0.25, -0.2) is 4.98 Å². The predicted molar refractivity (Wildman–Crippen MR) is 118 cm³/mol. The van der Waals surface area contributed by atoms with Crippen molar-refractivity contribution in [2.75, 3.05) is 13.7 Å². The van der Waals surface area contributed by atoms with Crippen molar-refractivity contribution in [1.82, 2.24) is 20.1 Å². The molecule has 2 aromatic carbocycles. The van der Waals surface area contributed by atoms with Gasteiger partial charge in [-0.05, 0) is 54.4 Å². The third-order valence-electron chi connectivity index (χ3n) is 4.95. The summed E-state index contributed by atoms with van der Waals surface area (Å²) >= 11 is 5.93. The number of fused-ring (bicyclic) bond motifs is 1. The second kappa shape index (κ2) is 8.55. The molecule has 0 aliphatic carbocycles. The Morgan fingerprint density at radius 3 is 2.57 bits per heavy atom. The molecule has 0 bridgehead atoms. The molecule has 0 fully saturated rings. The summed E-state index contributed by atoms with van der Waals surface area (Å²) in [6.45, 7) is 0.516. The minimum absolute atomic E-state index is 0.154. The van der Waals surface area contributed by atoms with E-state index in [-0.39, 0.29) is 5.91 Å². The van der Waals surface area contributed by atoms with Gasteiger partial charge in [-0.1, -0.05) is 23.7 Å². The van der Waals surface area contributed by atoms with E-state index in [0.717, 1.165) is 28.7 Å². The number of aromatic nitrogens is 3.